The minimum Gasteiger partial charge on any atom is -0.327 e. The maximum atomic E-state index is 12.2. The molecule has 0 heterocycles. The van der Waals surface area contributed by atoms with Gasteiger partial charge in [0.25, 0.3) is 0 Å². The minimum absolute atomic E-state index is 0. The fourth-order valence-corrected chi connectivity index (χ4v) is 3.00. The van der Waals surface area contributed by atoms with Crippen LogP contribution in [0.4, 0.5) is 5.69 Å². The molecule has 0 saturated heterocycles. The number of carbonyl (C=O) groups excluding carboxylic acids is 1. The fourth-order valence-electron chi connectivity index (χ4n) is 3.00. The van der Waals surface area contributed by atoms with E-state index < -0.39 is 0 Å². The van der Waals surface area contributed by atoms with Crippen LogP contribution in [0, 0.1) is 5.92 Å². The van der Waals surface area contributed by atoms with Crippen LogP contribution in [0.15, 0.2) is 24.3 Å². The Hall–Kier alpha value is -1.06. The molecule has 1 aliphatic rings. The molecule has 1 amide bonds. The Balaban J connectivity index is 0.00000220. The van der Waals surface area contributed by atoms with E-state index in [1.54, 1.807) is 0 Å². The van der Waals surface area contributed by atoms with Gasteiger partial charge in [-0.25, -0.2) is 0 Å². The number of hydrogen-bond donors (Lipinski definition) is 2. The first-order valence-electron chi connectivity index (χ1n) is 7.53. The quantitative estimate of drug-likeness (QED) is 0.890. The lowest BCUT2D eigenvalue weighted by molar-refractivity contribution is -0.117. The lowest BCUT2D eigenvalue weighted by Crippen LogP contribution is -2.28. The Bertz CT molecular complexity index is 482. The fraction of sp³-hybridized carbons (Fsp3) is 0.588. The Kier molecular flexibility index (Phi) is 6.24. The van der Waals surface area contributed by atoms with Gasteiger partial charge in [-0.05, 0) is 35.8 Å². The predicted octanol–water partition coefficient (Wildman–Crippen LogP) is 3.86. The highest BCUT2D eigenvalue weighted by molar-refractivity contribution is 5.92. The summed E-state index contributed by atoms with van der Waals surface area (Å²) < 4.78 is 0. The first-order chi connectivity index (χ1) is 9.38. The number of para-hydroxylation sites is 1. The highest BCUT2D eigenvalue weighted by atomic mass is 35.5. The number of nitrogens with one attached hydrogen (secondary N) is 1. The van der Waals surface area contributed by atoms with E-state index >= 15 is 0 Å². The van der Waals surface area contributed by atoms with Gasteiger partial charge in [0.15, 0.2) is 0 Å². The van der Waals surface area contributed by atoms with E-state index in [4.69, 9.17) is 5.73 Å². The summed E-state index contributed by atoms with van der Waals surface area (Å²) in [5, 5.41) is 3.07. The van der Waals surface area contributed by atoms with E-state index in [-0.39, 0.29) is 29.8 Å². The summed E-state index contributed by atoms with van der Waals surface area (Å²) in [5.41, 5.74) is 8.16. The molecule has 4 heteroatoms. The summed E-state index contributed by atoms with van der Waals surface area (Å²) >= 11 is 0. The average Bonchev–Trinajstić information content (AvgIpc) is 2.74. The van der Waals surface area contributed by atoms with E-state index in [9.17, 15) is 4.79 Å². The van der Waals surface area contributed by atoms with Gasteiger partial charge in [-0.2, -0.15) is 0 Å². The lowest BCUT2D eigenvalue weighted by atomic mass is 9.85. The van der Waals surface area contributed by atoms with Crippen molar-refractivity contribution in [3.05, 3.63) is 29.8 Å². The van der Waals surface area contributed by atoms with E-state index in [1.165, 1.54) is 5.56 Å². The SMILES string of the molecule is CC(C)(C)c1ccccc1NC(=O)C[C@@H]1CCC[C@H]1N.Cl. The molecule has 0 aliphatic heterocycles. The van der Waals surface area contributed by atoms with Crippen LogP contribution in [0.1, 0.15) is 52.0 Å². The highest BCUT2D eigenvalue weighted by Crippen LogP contribution is 2.31. The summed E-state index contributed by atoms with van der Waals surface area (Å²) in [7, 11) is 0. The lowest BCUT2D eigenvalue weighted by Gasteiger charge is -2.23. The van der Waals surface area contributed by atoms with E-state index in [2.05, 4.69) is 32.2 Å². The molecular formula is C17H27ClN2O. The first kappa shape index (κ1) is 18.0. The third kappa shape index (κ3) is 4.72. The Morgan fingerprint density at radius 1 is 1.29 bits per heavy atom. The normalized spacial score (nSPS) is 21.7. The van der Waals surface area contributed by atoms with Crippen molar-refractivity contribution in [2.75, 3.05) is 5.32 Å². The molecule has 118 valence electrons. The zero-order chi connectivity index (χ0) is 14.8. The van der Waals surface area contributed by atoms with Gasteiger partial charge in [-0.3, -0.25) is 4.79 Å². The van der Waals surface area contributed by atoms with E-state index in [0.717, 1.165) is 24.9 Å². The van der Waals surface area contributed by atoms with Crippen molar-refractivity contribution in [3.8, 4) is 0 Å². The van der Waals surface area contributed by atoms with Crippen molar-refractivity contribution in [3.63, 3.8) is 0 Å². The number of carbonyl (C=O) groups is 1. The zero-order valence-corrected chi connectivity index (χ0v) is 14.0. The summed E-state index contributed by atoms with van der Waals surface area (Å²) in [5.74, 6) is 0.431. The van der Waals surface area contributed by atoms with Crippen molar-refractivity contribution in [1.29, 1.82) is 0 Å². The van der Waals surface area contributed by atoms with Gasteiger partial charge in [-0.15, -0.1) is 12.4 Å². The molecule has 1 aromatic carbocycles. The molecule has 1 saturated carbocycles. The largest absolute Gasteiger partial charge is 0.327 e. The van der Waals surface area contributed by atoms with E-state index in [1.807, 2.05) is 18.2 Å². The topological polar surface area (TPSA) is 55.1 Å². The molecule has 0 unspecified atom stereocenters. The molecule has 1 fully saturated rings. The zero-order valence-electron chi connectivity index (χ0n) is 13.2. The maximum Gasteiger partial charge on any atom is 0.224 e. The minimum atomic E-state index is 0. The van der Waals surface area contributed by atoms with Crippen LogP contribution in [0.3, 0.4) is 0 Å². The molecule has 2 rings (SSSR count). The molecule has 0 bridgehead atoms. The van der Waals surface area contributed by atoms with Crippen LogP contribution in [-0.4, -0.2) is 11.9 Å². The van der Waals surface area contributed by atoms with Crippen LogP contribution in [-0.2, 0) is 10.2 Å². The molecule has 2 atom stereocenters. The molecule has 21 heavy (non-hydrogen) atoms. The number of anilines is 1. The van der Waals surface area contributed by atoms with Crippen molar-refractivity contribution < 1.29 is 4.79 Å². The van der Waals surface area contributed by atoms with Crippen LogP contribution in [0.5, 0.6) is 0 Å². The van der Waals surface area contributed by atoms with Gasteiger partial charge in [-0.1, -0.05) is 45.4 Å². The standard InChI is InChI=1S/C17H26N2O.ClH/c1-17(2,3)13-8-4-5-10-15(13)19-16(20)11-12-7-6-9-14(12)18;/h4-5,8,10,12,14H,6-7,9,11,18H2,1-3H3,(H,19,20);1H/t12-,14+;/m0./s1. The van der Waals surface area contributed by atoms with Crippen molar-refractivity contribution in [2.24, 2.45) is 11.7 Å². The van der Waals surface area contributed by atoms with Crippen molar-refractivity contribution in [1.82, 2.24) is 0 Å². The van der Waals surface area contributed by atoms with Gasteiger partial charge < -0.3 is 11.1 Å². The first-order valence-corrected chi connectivity index (χ1v) is 7.53. The molecule has 0 spiro atoms. The van der Waals surface area contributed by atoms with Gasteiger partial charge in [0.05, 0.1) is 0 Å². The maximum absolute atomic E-state index is 12.2. The summed E-state index contributed by atoms with van der Waals surface area (Å²) in [6.45, 7) is 6.47. The van der Waals surface area contributed by atoms with Crippen LogP contribution in [0.25, 0.3) is 0 Å². The third-order valence-electron chi connectivity index (χ3n) is 4.17. The number of hydrogen-bond acceptors (Lipinski definition) is 2. The molecule has 3 nitrogen and oxygen atoms in total. The van der Waals surface area contributed by atoms with Crippen LogP contribution >= 0.6 is 12.4 Å². The van der Waals surface area contributed by atoms with Gasteiger partial charge >= 0.3 is 0 Å². The molecule has 1 aliphatic carbocycles. The Morgan fingerprint density at radius 3 is 2.52 bits per heavy atom. The second-order valence-corrected chi connectivity index (χ2v) is 6.90. The van der Waals surface area contributed by atoms with Crippen LogP contribution < -0.4 is 11.1 Å². The van der Waals surface area contributed by atoms with Gasteiger partial charge in [0, 0.05) is 18.2 Å². The molecule has 0 aromatic heterocycles. The van der Waals surface area contributed by atoms with Gasteiger partial charge in [0.1, 0.15) is 0 Å². The summed E-state index contributed by atoms with van der Waals surface area (Å²) in [6.07, 6.45) is 3.82. The number of benzene rings is 1. The van der Waals surface area contributed by atoms with Crippen molar-refractivity contribution in [2.45, 2.75) is 57.9 Å². The number of rotatable bonds is 3. The van der Waals surface area contributed by atoms with Crippen molar-refractivity contribution >= 4 is 24.0 Å². The van der Waals surface area contributed by atoms with Gasteiger partial charge in [0.2, 0.25) is 5.91 Å². The second kappa shape index (κ2) is 7.28. The summed E-state index contributed by atoms with van der Waals surface area (Å²) in [4.78, 5) is 12.2. The molecule has 0 radical (unpaired) electrons. The Morgan fingerprint density at radius 2 is 1.95 bits per heavy atom. The summed E-state index contributed by atoms with van der Waals surface area (Å²) in [6, 6.07) is 8.23. The average molecular weight is 311 g/mol. The molecule has 3 N–H and O–H groups in total. The highest BCUT2D eigenvalue weighted by Gasteiger charge is 2.26. The number of halogens is 1. The van der Waals surface area contributed by atoms with Crippen LogP contribution in [0.2, 0.25) is 0 Å². The number of amides is 1. The molecular weight excluding hydrogens is 284 g/mol. The second-order valence-electron chi connectivity index (χ2n) is 6.90. The van der Waals surface area contributed by atoms with E-state index in [0.29, 0.717) is 12.3 Å². The smallest absolute Gasteiger partial charge is 0.224 e. The monoisotopic (exact) mass is 310 g/mol. The number of nitrogens with two attached hydrogens (primary N) is 1. The third-order valence-corrected chi connectivity index (χ3v) is 4.17. The Labute approximate surface area is 134 Å². The molecule has 1 aromatic rings. The predicted molar refractivity (Wildman–Crippen MR) is 91.0 cm³/mol.